The van der Waals surface area contributed by atoms with E-state index in [9.17, 15) is 14.4 Å². The third-order valence-corrected chi connectivity index (χ3v) is 6.35. The number of aliphatic carboxylic acids is 1. The lowest BCUT2D eigenvalue weighted by molar-refractivity contribution is -0.138. The molecule has 1 aliphatic carbocycles. The van der Waals surface area contributed by atoms with E-state index in [2.05, 4.69) is 29.6 Å². The summed E-state index contributed by atoms with van der Waals surface area (Å²) in [5.41, 5.74) is 5.21. The number of hydrogen-bond acceptors (Lipinski definition) is 4. The summed E-state index contributed by atoms with van der Waals surface area (Å²) in [4.78, 5) is 37.0. The highest BCUT2D eigenvalue weighted by molar-refractivity contribution is 5.93. The average Bonchev–Trinajstić information content (AvgIpc) is 3.10. The number of carboxylic acid groups (broad SMARTS) is 1. The molecule has 172 valence electrons. The topological polar surface area (TPSA) is 95.9 Å². The molecule has 1 saturated heterocycles. The van der Waals surface area contributed by atoms with E-state index in [0.717, 1.165) is 11.1 Å². The van der Waals surface area contributed by atoms with E-state index in [1.807, 2.05) is 24.3 Å². The highest BCUT2D eigenvalue weighted by Crippen LogP contribution is 2.44. The van der Waals surface area contributed by atoms with Gasteiger partial charge in [0.25, 0.3) is 0 Å². The Bertz CT molecular complexity index is 1040. The maximum absolute atomic E-state index is 12.4. The highest BCUT2D eigenvalue weighted by Gasteiger charge is 2.31. The van der Waals surface area contributed by atoms with Crippen LogP contribution in [0.5, 0.6) is 0 Å². The first kappa shape index (κ1) is 22.6. The van der Waals surface area contributed by atoms with Crippen molar-refractivity contribution >= 4 is 18.0 Å². The Kier molecular flexibility index (Phi) is 6.77. The maximum atomic E-state index is 12.4. The van der Waals surface area contributed by atoms with Gasteiger partial charge in [0, 0.05) is 37.5 Å². The van der Waals surface area contributed by atoms with Crippen LogP contribution in [0, 0.1) is 5.92 Å². The summed E-state index contributed by atoms with van der Waals surface area (Å²) in [7, 11) is 0. The van der Waals surface area contributed by atoms with Gasteiger partial charge in [-0.05, 0) is 41.5 Å². The molecule has 0 aromatic heterocycles. The molecule has 7 nitrogen and oxygen atoms in total. The second-order valence-corrected chi connectivity index (χ2v) is 8.60. The zero-order chi connectivity index (χ0) is 23.4. The molecule has 4 rings (SSSR count). The monoisotopic (exact) mass is 448 g/mol. The Hall–Kier alpha value is -3.61. The van der Waals surface area contributed by atoms with Crippen LogP contribution in [0.15, 0.2) is 60.2 Å². The van der Waals surface area contributed by atoms with E-state index in [1.54, 1.807) is 17.9 Å². The van der Waals surface area contributed by atoms with E-state index < -0.39 is 12.1 Å². The van der Waals surface area contributed by atoms with Crippen LogP contribution in [-0.2, 0) is 14.3 Å². The van der Waals surface area contributed by atoms with Crippen LogP contribution >= 0.6 is 0 Å². The molecule has 0 atom stereocenters. The molecule has 0 spiro atoms. The van der Waals surface area contributed by atoms with Crippen LogP contribution in [0.2, 0.25) is 0 Å². The van der Waals surface area contributed by atoms with Gasteiger partial charge in [-0.2, -0.15) is 0 Å². The number of nitrogens with zero attached hydrogens (tertiary/aromatic N) is 1. The number of carbonyl (C=O) groups excluding carboxylic acids is 2. The quantitative estimate of drug-likeness (QED) is 0.599. The molecule has 0 saturated carbocycles. The van der Waals surface area contributed by atoms with Gasteiger partial charge >= 0.3 is 12.1 Å². The molecule has 2 N–H and O–H groups in total. The van der Waals surface area contributed by atoms with Crippen molar-refractivity contribution in [2.75, 3.05) is 26.2 Å². The maximum Gasteiger partial charge on any atom is 0.407 e. The first-order valence-electron chi connectivity index (χ1n) is 11.2. The van der Waals surface area contributed by atoms with Crippen molar-refractivity contribution in [2.24, 2.45) is 5.92 Å². The minimum atomic E-state index is -0.810. The number of carbonyl (C=O) groups is 3. The number of fused-ring (bicyclic) bond motifs is 3. The molecule has 2 aromatic rings. The molecule has 2 aromatic carbocycles. The zero-order valence-electron chi connectivity index (χ0n) is 18.6. The van der Waals surface area contributed by atoms with Gasteiger partial charge in [0.2, 0.25) is 5.91 Å². The fourth-order valence-corrected chi connectivity index (χ4v) is 4.52. The lowest BCUT2D eigenvalue weighted by Crippen LogP contribution is -2.50. The third kappa shape index (κ3) is 5.08. The fourth-order valence-electron chi connectivity index (χ4n) is 4.52. The van der Waals surface area contributed by atoms with E-state index >= 15 is 0 Å². The molecule has 0 unspecified atom stereocenters. The Balaban J connectivity index is 1.23. The van der Waals surface area contributed by atoms with Crippen LogP contribution in [0.1, 0.15) is 36.8 Å². The number of carboxylic acids is 1. The van der Waals surface area contributed by atoms with Gasteiger partial charge in [0.1, 0.15) is 6.61 Å². The molecule has 33 heavy (non-hydrogen) atoms. The number of likely N-dealkylation sites (tertiary alicyclic amines) is 1. The highest BCUT2D eigenvalue weighted by atomic mass is 16.5. The van der Waals surface area contributed by atoms with Crippen LogP contribution in [-0.4, -0.2) is 54.2 Å². The average molecular weight is 449 g/mol. The summed E-state index contributed by atoms with van der Waals surface area (Å²) in [5, 5.41) is 11.4. The van der Waals surface area contributed by atoms with Crippen LogP contribution < -0.4 is 5.32 Å². The van der Waals surface area contributed by atoms with Gasteiger partial charge in [0.05, 0.1) is 0 Å². The van der Waals surface area contributed by atoms with Crippen molar-refractivity contribution in [3.63, 3.8) is 0 Å². The van der Waals surface area contributed by atoms with Crippen LogP contribution in [0.3, 0.4) is 0 Å². The van der Waals surface area contributed by atoms with Crippen molar-refractivity contribution in [3.05, 3.63) is 71.3 Å². The van der Waals surface area contributed by atoms with Gasteiger partial charge in [0.15, 0.2) is 0 Å². The minimum Gasteiger partial charge on any atom is -0.481 e. The smallest absolute Gasteiger partial charge is 0.407 e. The number of benzene rings is 2. The van der Waals surface area contributed by atoms with Crippen LogP contribution in [0.4, 0.5) is 4.79 Å². The molecule has 1 fully saturated rings. The third-order valence-electron chi connectivity index (χ3n) is 6.35. The standard InChI is InChI=1S/C26H28N2O5/c1-17(25(31)28-14-18(15-28)10-11-24(29)30)12-13-27-26(32)33-16-23-21-8-4-2-6-19(21)20-7-3-5-9-22(20)23/h2-9,12,18,23H,10-11,13-16H2,1H3,(H,27,32)(H,29,30)/b17-12+. The Labute approximate surface area is 193 Å². The minimum absolute atomic E-state index is 0.00231. The SMILES string of the molecule is C/C(=C\CNC(=O)OCC1c2ccccc2-c2ccccc21)C(=O)N1CC(CCC(=O)O)C1. The lowest BCUT2D eigenvalue weighted by atomic mass is 9.94. The summed E-state index contributed by atoms with van der Waals surface area (Å²) in [6.45, 7) is 3.32. The van der Waals surface area contributed by atoms with Crippen molar-refractivity contribution in [1.82, 2.24) is 10.2 Å². The molecular formula is C26H28N2O5. The zero-order valence-corrected chi connectivity index (χ0v) is 18.6. The molecule has 2 amide bonds. The molecule has 1 heterocycles. The van der Waals surface area contributed by atoms with Crippen molar-refractivity contribution < 1.29 is 24.2 Å². The molecular weight excluding hydrogens is 420 g/mol. The fraction of sp³-hybridized carbons (Fsp3) is 0.346. The largest absolute Gasteiger partial charge is 0.481 e. The number of hydrogen-bond donors (Lipinski definition) is 2. The van der Waals surface area contributed by atoms with Crippen molar-refractivity contribution in [2.45, 2.75) is 25.7 Å². The number of alkyl carbamates (subject to hydrolysis) is 1. The molecule has 2 aliphatic rings. The number of rotatable bonds is 8. The second-order valence-electron chi connectivity index (χ2n) is 8.60. The Morgan fingerprint density at radius 1 is 1.06 bits per heavy atom. The van der Waals surface area contributed by atoms with Gasteiger partial charge in [-0.3, -0.25) is 9.59 Å². The lowest BCUT2D eigenvalue weighted by Gasteiger charge is -2.39. The predicted molar refractivity (Wildman–Crippen MR) is 124 cm³/mol. The van der Waals surface area contributed by atoms with Gasteiger partial charge < -0.3 is 20.1 Å². The molecule has 0 radical (unpaired) electrons. The van der Waals surface area contributed by atoms with Gasteiger partial charge in [-0.15, -0.1) is 0 Å². The summed E-state index contributed by atoms with van der Waals surface area (Å²) in [5.74, 6) is -0.648. The van der Waals surface area contributed by atoms with E-state index in [1.165, 1.54) is 11.1 Å². The number of amides is 2. The molecule has 7 heteroatoms. The summed E-state index contributed by atoms with van der Waals surface area (Å²) in [6.07, 6.45) is 1.87. The first-order chi connectivity index (χ1) is 15.9. The summed E-state index contributed by atoms with van der Waals surface area (Å²) < 4.78 is 5.50. The van der Waals surface area contributed by atoms with Crippen LogP contribution in [0.25, 0.3) is 11.1 Å². The molecule has 0 bridgehead atoms. The van der Waals surface area contributed by atoms with E-state index in [0.29, 0.717) is 25.1 Å². The first-order valence-corrected chi connectivity index (χ1v) is 11.2. The summed E-state index contributed by atoms with van der Waals surface area (Å²) >= 11 is 0. The molecule has 1 aliphatic heterocycles. The predicted octanol–water partition coefficient (Wildman–Crippen LogP) is 3.79. The summed E-state index contributed by atoms with van der Waals surface area (Å²) in [6, 6.07) is 16.3. The van der Waals surface area contributed by atoms with E-state index in [-0.39, 0.29) is 37.3 Å². The normalized spacial score (nSPS) is 15.4. The van der Waals surface area contributed by atoms with Gasteiger partial charge in [-0.1, -0.05) is 54.6 Å². The second kappa shape index (κ2) is 9.90. The van der Waals surface area contributed by atoms with Crippen molar-refractivity contribution in [1.29, 1.82) is 0 Å². The Morgan fingerprint density at radius 3 is 2.27 bits per heavy atom. The van der Waals surface area contributed by atoms with Gasteiger partial charge in [-0.25, -0.2) is 4.79 Å². The van der Waals surface area contributed by atoms with Crippen molar-refractivity contribution in [3.8, 4) is 11.1 Å². The number of nitrogens with one attached hydrogen (secondary N) is 1. The Morgan fingerprint density at radius 2 is 1.67 bits per heavy atom. The number of ether oxygens (including phenoxy) is 1. The van der Waals surface area contributed by atoms with E-state index in [4.69, 9.17) is 9.84 Å².